The molecule has 0 saturated heterocycles. The van der Waals surface area contributed by atoms with Crippen LogP contribution >= 0.6 is 0 Å². The lowest BCUT2D eigenvalue weighted by molar-refractivity contribution is -0.368. The third kappa shape index (κ3) is 5.94. The summed E-state index contributed by atoms with van der Waals surface area (Å²) >= 11 is 0. The first-order valence-corrected chi connectivity index (χ1v) is 11.7. The van der Waals surface area contributed by atoms with Gasteiger partial charge >= 0.3 is 0 Å². The number of pyridine rings is 2. The van der Waals surface area contributed by atoms with Crippen LogP contribution in [-0.2, 0) is 10.0 Å². The van der Waals surface area contributed by atoms with Gasteiger partial charge in [0.15, 0.2) is 0 Å². The van der Waals surface area contributed by atoms with Gasteiger partial charge in [-0.25, -0.2) is 13.1 Å². The molecular formula is C22H27N4O5S+. The van der Waals surface area contributed by atoms with Crippen molar-refractivity contribution in [2.45, 2.75) is 24.3 Å². The maximum Gasteiger partial charge on any atom is 0.255 e. The monoisotopic (exact) mass is 459 g/mol. The summed E-state index contributed by atoms with van der Waals surface area (Å²) in [5.41, 5.74) is 4.13. The first kappa shape index (κ1) is 23.5. The summed E-state index contributed by atoms with van der Waals surface area (Å²) < 4.78 is 34.3. The predicted molar refractivity (Wildman–Crippen MR) is 120 cm³/mol. The fourth-order valence-corrected chi connectivity index (χ4v) is 4.30. The molecule has 170 valence electrons. The lowest BCUT2D eigenvalue weighted by Gasteiger charge is -2.15. The van der Waals surface area contributed by atoms with E-state index >= 15 is 0 Å². The summed E-state index contributed by atoms with van der Waals surface area (Å²) in [6.07, 6.45) is 2.40. The van der Waals surface area contributed by atoms with E-state index in [4.69, 9.17) is 4.74 Å². The molecule has 10 heteroatoms. The van der Waals surface area contributed by atoms with E-state index < -0.39 is 22.0 Å². The lowest BCUT2D eigenvalue weighted by Crippen LogP contribution is -2.50. The van der Waals surface area contributed by atoms with Crippen molar-refractivity contribution >= 4 is 21.4 Å². The van der Waals surface area contributed by atoms with Gasteiger partial charge < -0.3 is 15.8 Å². The Morgan fingerprint density at radius 2 is 1.91 bits per heavy atom. The minimum absolute atomic E-state index is 0.0589. The summed E-state index contributed by atoms with van der Waals surface area (Å²) in [5, 5.41) is 2.67. The van der Waals surface area contributed by atoms with E-state index in [0.29, 0.717) is 17.9 Å². The minimum Gasteiger partial charge on any atom is -0.492 e. The van der Waals surface area contributed by atoms with Crippen LogP contribution in [0.4, 0.5) is 0 Å². The molecule has 0 aliphatic carbocycles. The van der Waals surface area contributed by atoms with Crippen LogP contribution in [0.1, 0.15) is 23.7 Å². The summed E-state index contributed by atoms with van der Waals surface area (Å²) in [4.78, 5) is 25.2. The second-order valence-electron chi connectivity index (χ2n) is 7.34. The summed E-state index contributed by atoms with van der Waals surface area (Å²) in [7, 11) is -3.69. The van der Waals surface area contributed by atoms with Crippen LogP contribution in [0.3, 0.4) is 0 Å². The lowest BCUT2D eigenvalue weighted by atomic mass is 10.2. The van der Waals surface area contributed by atoms with Crippen LogP contribution in [0.25, 0.3) is 5.52 Å². The number of benzene rings is 1. The predicted octanol–water partition coefficient (Wildman–Crippen LogP) is 0.407. The second kappa shape index (κ2) is 10.4. The highest BCUT2D eigenvalue weighted by Gasteiger charge is 2.18. The van der Waals surface area contributed by atoms with Gasteiger partial charge in [0.25, 0.3) is 11.5 Å². The van der Waals surface area contributed by atoms with Crippen LogP contribution in [0.5, 0.6) is 5.75 Å². The van der Waals surface area contributed by atoms with Gasteiger partial charge in [-0.2, -0.15) is 0 Å². The van der Waals surface area contributed by atoms with Crippen LogP contribution in [0.15, 0.2) is 70.5 Å². The zero-order valence-electron chi connectivity index (χ0n) is 17.8. The number of amides is 1. The Morgan fingerprint density at radius 3 is 2.62 bits per heavy atom. The molecule has 2 heterocycles. The molecule has 5 N–H and O–H groups in total. The second-order valence-corrected chi connectivity index (χ2v) is 9.06. The molecule has 9 nitrogen and oxygen atoms in total. The average Bonchev–Trinajstić information content (AvgIpc) is 2.78. The van der Waals surface area contributed by atoms with Gasteiger partial charge in [-0.15, -0.1) is 0 Å². The molecular weight excluding hydrogens is 432 g/mol. The molecule has 32 heavy (non-hydrogen) atoms. The Balaban J connectivity index is 1.65. The molecule has 0 radical (unpaired) electrons. The SMILES string of the molecule is CC(CNC(=O)c1cc(=O)n2cc(OCCC[NH3+])ccc2c1)NS(=O)(=O)c1ccccc1. The molecule has 0 fully saturated rings. The summed E-state index contributed by atoms with van der Waals surface area (Å²) in [6.45, 7) is 2.98. The maximum absolute atomic E-state index is 12.6. The Bertz CT molecular complexity index is 1240. The molecule has 0 spiro atoms. The number of sulfonamides is 1. The summed E-state index contributed by atoms with van der Waals surface area (Å²) in [5.74, 6) is 0.0934. The fourth-order valence-electron chi connectivity index (χ4n) is 3.04. The molecule has 1 aromatic carbocycles. The standard InChI is InChI=1S/C22H26N4O5S/c1-16(25-32(29,30)20-6-3-2-4-7-20)14-24-22(28)17-12-18-8-9-19(31-11-5-10-23)15-26(18)21(27)13-17/h2-4,6-9,12-13,15-16,25H,5,10-11,14,23H2,1H3,(H,24,28)/p+1. The van der Waals surface area contributed by atoms with Crippen LogP contribution in [-0.4, -0.2) is 44.5 Å². The molecule has 1 atom stereocenters. The zero-order chi connectivity index (χ0) is 23.1. The highest BCUT2D eigenvalue weighted by Crippen LogP contribution is 2.13. The first-order valence-electron chi connectivity index (χ1n) is 10.2. The smallest absolute Gasteiger partial charge is 0.255 e. The Hall–Kier alpha value is -3.21. The topological polar surface area (TPSA) is 134 Å². The maximum atomic E-state index is 12.6. The average molecular weight is 460 g/mol. The van der Waals surface area contributed by atoms with Crippen LogP contribution in [0.2, 0.25) is 0 Å². The van der Waals surface area contributed by atoms with Gasteiger partial charge in [0.1, 0.15) is 5.75 Å². The van der Waals surface area contributed by atoms with Crippen LogP contribution < -0.4 is 26.1 Å². The third-order valence-electron chi connectivity index (χ3n) is 4.68. The van der Waals surface area contributed by atoms with Gasteiger partial charge in [0.2, 0.25) is 10.0 Å². The van der Waals surface area contributed by atoms with Gasteiger partial charge in [-0.1, -0.05) is 18.2 Å². The number of hydrogen-bond acceptors (Lipinski definition) is 5. The molecule has 0 aliphatic rings. The largest absolute Gasteiger partial charge is 0.492 e. The number of carbonyl (C=O) groups is 1. The quantitative estimate of drug-likeness (QED) is 0.378. The molecule has 0 aliphatic heterocycles. The minimum atomic E-state index is -3.69. The van der Waals surface area contributed by atoms with Crippen molar-refractivity contribution in [2.75, 3.05) is 19.7 Å². The Kier molecular flexibility index (Phi) is 7.62. The van der Waals surface area contributed by atoms with Gasteiger partial charge in [-0.3, -0.25) is 14.0 Å². The Morgan fingerprint density at radius 1 is 1.16 bits per heavy atom. The van der Waals surface area contributed by atoms with Gasteiger partial charge in [0, 0.05) is 36.2 Å². The van der Waals surface area contributed by atoms with Crippen molar-refractivity contribution in [3.63, 3.8) is 0 Å². The number of nitrogens with one attached hydrogen (secondary N) is 2. The summed E-state index contributed by atoms with van der Waals surface area (Å²) in [6, 6.07) is 13.7. The number of nitrogens with zero attached hydrogens (tertiary/aromatic N) is 1. The number of rotatable bonds is 10. The molecule has 1 unspecified atom stereocenters. The van der Waals surface area contributed by atoms with Crippen LogP contribution in [0, 0.1) is 0 Å². The van der Waals surface area contributed by atoms with E-state index in [1.165, 1.54) is 22.6 Å². The van der Waals surface area contributed by atoms with Crippen molar-refractivity contribution in [3.8, 4) is 5.75 Å². The van der Waals surface area contributed by atoms with E-state index in [-0.39, 0.29) is 22.6 Å². The molecule has 3 aromatic rings. The molecule has 3 rings (SSSR count). The van der Waals surface area contributed by atoms with Crippen molar-refractivity contribution in [3.05, 3.63) is 76.7 Å². The number of carbonyl (C=O) groups excluding carboxylic acids is 1. The van der Waals surface area contributed by atoms with E-state index in [9.17, 15) is 18.0 Å². The molecule has 0 bridgehead atoms. The fraction of sp³-hybridized carbons (Fsp3) is 0.273. The molecule has 0 saturated carbocycles. The number of quaternary nitrogens is 1. The first-order chi connectivity index (χ1) is 15.3. The van der Waals surface area contributed by atoms with Crippen molar-refractivity contribution in [1.29, 1.82) is 0 Å². The number of hydrogen-bond donors (Lipinski definition) is 3. The van der Waals surface area contributed by atoms with E-state index in [0.717, 1.165) is 13.0 Å². The number of ether oxygens (including phenoxy) is 1. The highest BCUT2D eigenvalue weighted by atomic mass is 32.2. The third-order valence-corrected chi connectivity index (χ3v) is 6.28. The van der Waals surface area contributed by atoms with Gasteiger partial charge in [-0.05, 0) is 37.3 Å². The molecule has 1 amide bonds. The Labute approximate surface area is 186 Å². The highest BCUT2D eigenvalue weighted by molar-refractivity contribution is 7.89. The van der Waals surface area contributed by atoms with Crippen molar-refractivity contribution < 1.29 is 23.7 Å². The van der Waals surface area contributed by atoms with Crippen molar-refractivity contribution in [2.24, 2.45) is 0 Å². The van der Waals surface area contributed by atoms with Crippen molar-refractivity contribution in [1.82, 2.24) is 14.4 Å². The molecule has 2 aromatic heterocycles. The van der Waals surface area contributed by atoms with E-state index in [2.05, 4.69) is 15.8 Å². The number of fused-ring (bicyclic) bond motifs is 1. The zero-order valence-corrected chi connectivity index (χ0v) is 18.6. The number of aromatic nitrogens is 1. The van der Waals surface area contributed by atoms with Gasteiger partial charge in [0.05, 0.1) is 24.2 Å². The van der Waals surface area contributed by atoms with E-state index in [1.807, 2.05) is 0 Å². The normalized spacial score (nSPS) is 12.4. The van der Waals surface area contributed by atoms with E-state index in [1.54, 1.807) is 49.5 Å².